The number of H-pyrrole nitrogens is 1. The first-order chi connectivity index (χ1) is 8.81. The summed E-state index contributed by atoms with van der Waals surface area (Å²) in [5, 5.41) is 8.86. The fraction of sp³-hybridized carbons (Fsp3) is 0.308. The molecule has 0 aliphatic heterocycles. The molecular weight excluding hydrogens is 246 g/mol. The number of carbonyl (C=O) groups is 1. The highest BCUT2D eigenvalue weighted by atomic mass is 16.6. The van der Waals surface area contributed by atoms with E-state index in [1.807, 2.05) is 6.07 Å². The fourth-order valence-electron chi connectivity index (χ4n) is 1.66. The van der Waals surface area contributed by atoms with Crippen molar-refractivity contribution in [2.24, 2.45) is 0 Å². The standard InChI is InChI=1S/C13H13N3O3/c1-13(2,3)19-12(18)16-10-6-8(7-14)4-5-9(10)15-11(16)17/h4-6H,1-3H3,(H,15,17). The van der Waals surface area contributed by atoms with E-state index in [1.165, 1.54) is 6.07 Å². The number of aromatic amines is 1. The van der Waals surface area contributed by atoms with Crippen molar-refractivity contribution < 1.29 is 9.53 Å². The zero-order valence-corrected chi connectivity index (χ0v) is 10.9. The van der Waals surface area contributed by atoms with E-state index in [2.05, 4.69) is 4.98 Å². The number of hydrogen-bond acceptors (Lipinski definition) is 4. The van der Waals surface area contributed by atoms with Crippen LogP contribution in [0.3, 0.4) is 0 Å². The number of nitriles is 1. The van der Waals surface area contributed by atoms with Crippen LogP contribution >= 0.6 is 0 Å². The van der Waals surface area contributed by atoms with Crippen LogP contribution in [-0.4, -0.2) is 21.2 Å². The number of benzene rings is 1. The molecule has 0 amide bonds. The summed E-state index contributed by atoms with van der Waals surface area (Å²) in [4.78, 5) is 26.3. The van der Waals surface area contributed by atoms with Crippen LogP contribution in [0.25, 0.3) is 11.0 Å². The van der Waals surface area contributed by atoms with E-state index >= 15 is 0 Å². The van der Waals surface area contributed by atoms with Crippen molar-refractivity contribution in [2.75, 3.05) is 0 Å². The lowest BCUT2D eigenvalue weighted by Crippen LogP contribution is -2.32. The maximum atomic E-state index is 12.0. The van der Waals surface area contributed by atoms with E-state index in [1.54, 1.807) is 32.9 Å². The summed E-state index contributed by atoms with van der Waals surface area (Å²) in [5.74, 6) is 0. The van der Waals surface area contributed by atoms with E-state index in [4.69, 9.17) is 10.00 Å². The van der Waals surface area contributed by atoms with Gasteiger partial charge in [0.05, 0.1) is 22.7 Å². The van der Waals surface area contributed by atoms with E-state index in [0.29, 0.717) is 16.6 Å². The number of fused-ring (bicyclic) bond motifs is 1. The normalized spacial score (nSPS) is 11.3. The average Bonchev–Trinajstić information content (AvgIpc) is 2.61. The van der Waals surface area contributed by atoms with Crippen LogP contribution in [0.5, 0.6) is 0 Å². The molecule has 6 nitrogen and oxygen atoms in total. The topological polar surface area (TPSA) is 87.9 Å². The molecule has 0 aliphatic rings. The Bertz CT molecular complexity index is 741. The average molecular weight is 259 g/mol. The maximum Gasteiger partial charge on any atom is 0.423 e. The van der Waals surface area contributed by atoms with Crippen molar-refractivity contribution in [3.63, 3.8) is 0 Å². The minimum absolute atomic E-state index is 0.332. The molecule has 0 saturated carbocycles. The Kier molecular flexibility index (Phi) is 2.91. The Morgan fingerprint density at radius 2 is 2.11 bits per heavy atom. The van der Waals surface area contributed by atoms with Crippen LogP contribution in [-0.2, 0) is 4.74 Å². The first-order valence-corrected chi connectivity index (χ1v) is 5.70. The Balaban J connectivity index is 2.60. The van der Waals surface area contributed by atoms with Gasteiger partial charge >= 0.3 is 11.8 Å². The van der Waals surface area contributed by atoms with Crippen molar-refractivity contribution in [1.29, 1.82) is 5.26 Å². The van der Waals surface area contributed by atoms with E-state index < -0.39 is 17.4 Å². The summed E-state index contributed by atoms with van der Waals surface area (Å²) < 4.78 is 6.06. The third-order valence-corrected chi connectivity index (χ3v) is 2.39. The molecule has 0 fully saturated rings. The van der Waals surface area contributed by atoms with Crippen LogP contribution in [0.15, 0.2) is 23.0 Å². The summed E-state index contributed by atoms with van der Waals surface area (Å²) in [5.41, 5.74) is -0.108. The second-order valence-corrected chi connectivity index (χ2v) is 5.09. The maximum absolute atomic E-state index is 12.0. The molecule has 1 N–H and O–H groups in total. The molecule has 0 unspecified atom stereocenters. The summed E-state index contributed by atoms with van der Waals surface area (Å²) >= 11 is 0. The third-order valence-electron chi connectivity index (χ3n) is 2.39. The zero-order chi connectivity index (χ0) is 14.2. The third kappa shape index (κ3) is 2.50. The quantitative estimate of drug-likeness (QED) is 0.783. The van der Waals surface area contributed by atoms with Gasteiger partial charge < -0.3 is 9.72 Å². The molecule has 2 rings (SSSR count). The van der Waals surface area contributed by atoms with Gasteiger partial charge in [-0.2, -0.15) is 9.83 Å². The molecule has 1 heterocycles. The van der Waals surface area contributed by atoms with Crippen LogP contribution in [0.4, 0.5) is 4.79 Å². The lowest BCUT2D eigenvalue weighted by Gasteiger charge is -2.19. The van der Waals surface area contributed by atoms with Crippen LogP contribution < -0.4 is 5.69 Å². The molecule has 1 aromatic carbocycles. The number of nitrogens with one attached hydrogen (secondary N) is 1. The first kappa shape index (κ1) is 12.9. The Hall–Kier alpha value is -2.55. The number of rotatable bonds is 0. The van der Waals surface area contributed by atoms with Gasteiger partial charge in [0.2, 0.25) is 0 Å². The number of aromatic nitrogens is 2. The highest BCUT2D eigenvalue weighted by molar-refractivity contribution is 5.87. The Labute approximate surface area is 109 Å². The minimum atomic E-state index is -0.765. The number of carbonyl (C=O) groups excluding carboxylic acids is 1. The molecule has 0 radical (unpaired) electrons. The van der Waals surface area contributed by atoms with Gasteiger partial charge in [0, 0.05) is 0 Å². The van der Waals surface area contributed by atoms with E-state index in [0.717, 1.165) is 4.57 Å². The lowest BCUT2D eigenvalue weighted by molar-refractivity contribution is 0.0538. The molecular formula is C13H13N3O3. The number of imidazole rings is 1. The summed E-state index contributed by atoms with van der Waals surface area (Å²) in [6.07, 6.45) is -0.765. The second-order valence-electron chi connectivity index (χ2n) is 5.09. The van der Waals surface area contributed by atoms with Crippen molar-refractivity contribution in [3.8, 4) is 6.07 Å². The number of ether oxygens (including phenoxy) is 1. The fourth-order valence-corrected chi connectivity index (χ4v) is 1.66. The van der Waals surface area contributed by atoms with Crippen molar-refractivity contribution >= 4 is 17.1 Å². The Morgan fingerprint density at radius 1 is 1.42 bits per heavy atom. The van der Waals surface area contributed by atoms with Gasteiger partial charge in [-0.1, -0.05) is 0 Å². The molecule has 0 spiro atoms. The predicted molar refractivity (Wildman–Crippen MR) is 68.9 cm³/mol. The highest BCUT2D eigenvalue weighted by Crippen LogP contribution is 2.15. The highest BCUT2D eigenvalue weighted by Gasteiger charge is 2.21. The van der Waals surface area contributed by atoms with Gasteiger partial charge in [0.1, 0.15) is 5.60 Å². The molecule has 98 valence electrons. The van der Waals surface area contributed by atoms with Crippen LogP contribution in [0, 0.1) is 11.3 Å². The van der Waals surface area contributed by atoms with Crippen molar-refractivity contribution in [2.45, 2.75) is 26.4 Å². The number of hydrogen-bond donors (Lipinski definition) is 1. The monoisotopic (exact) mass is 259 g/mol. The molecule has 0 atom stereocenters. The molecule has 1 aromatic heterocycles. The summed E-state index contributed by atoms with van der Waals surface area (Å²) in [6, 6.07) is 6.58. The van der Waals surface area contributed by atoms with Crippen molar-refractivity contribution in [1.82, 2.24) is 9.55 Å². The van der Waals surface area contributed by atoms with E-state index in [9.17, 15) is 9.59 Å². The van der Waals surface area contributed by atoms with Crippen LogP contribution in [0.1, 0.15) is 26.3 Å². The molecule has 19 heavy (non-hydrogen) atoms. The molecule has 2 aromatic rings. The molecule has 0 saturated heterocycles. The molecule has 0 bridgehead atoms. The van der Waals surface area contributed by atoms with Crippen LogP contribution in [0.2, 0.25) is 0 Å². The van der Waals surface area contributed by atoms with Gasteiger partial charge in [-0.25, -0.2) is 9.59 Å². The largest absolute Gasteiger partial charge is 0.443 e. The Morgan fingerprint density at radius 3 is 2.68 bits per heavy atom. The van der Waals surface area contributed by atoms with E-state index in [-0.39, 0.29) is 0 Å². The smallest absolute Gasteiger partial charge is 0.423 e. The molecule has 6 heteroatoms. The zero-order valence-electron chi connectivity index (χ0n) is 10.9. The number of nitrogens with zero attached hydrogens (tertiary/aromatic N) is 2. The predicted octanol–water partition coefficient (Wildman–Crippen LogP) is 1.98. The van der Waals surface area contributed by atoms with Crippen molar-refractivity contribution in [3.05, 3.63) is 34.2 Å². The lowest BCUT2D eigenvalue weighted by atomic mass is 10.2. The summed E-state index contributed by atoms with van der Waals surface area (Å²) in [6.45, 7) is 5.14. The SMILES string of the molecule is CC(C)(C)OC(=O)n1c(=O)[nH]c2ccc(C#N)cc21. The molecule has 0 aliphatic carbocycles. The van der Waals surface area contributed by atoms with Gasteiger partial charge in [0.15, 0.2) is 0 Å². The van der Waals surface area contributed by atoms with Gasteiger partial charge in [0.25, 0.3) is 0 Å². The second kappa shape index (κ2) is 4.28. The van der Waals surface area contributed by atoms with Gasteiger partial charge in [-0.3, -0.25) is 0 Å². The summed E-state index contributed by atoms with van der Waals surface area (Å²) in [7, 11) is 0. The van der Waals surface area contributed by atoms with Gasteiger partial charge in [-0.05, 0) is 39.0 Å². The first-order valence-electron chi connectivity index (χ1n) is 5.70. The van der Waals surface area contributed by atoms with Gasteiger partial charge in [-0.15, -0.1) is 0 Å². The minimum Gasteiger partial charge on any atom is -0.443 e.